The van der Waals surface area contributed by atoms with Gasteiger partial charge >= 0.3 is 11.9 Å². The van der Waals surface area contributed by atoms with E-state index in [4.69, 9.17) is 9.47 Å². The second kappa shape index (κ2) is 8.57. The lowest BCUT2D eigenvalue weighted by molar-refractivity contribution is -0.168. The third kappa shape index (κ3) is 4.99. The highest BCUT2D eigenvalue weighted by Gasteiger charge is 2.50. The Morgan fingerprint density at radius 3 is 1.91 bits per heavy atom. The standard InChI is InChI=1S/C16H21NO5S/c1-4-21-14(19)16(17-11(3)18,15(20)22-5-2)10-12-6-8-13(23)9-7-12/h6-9,23H,4-5,10H2,1-3H3,(H,17,18). The van der Waals surface area contributed by atoms with Crippen LogP contribution in [0.5, 0.6) is 0 Å². The smallest absolute Gasteiger partial charge is 0.344 e. The molecule has 6 nitrogen and oxygen atoms in total. The fourth-order valence-electron chi connectivity index (χ4n) is 2.10. The molecule has 23 heavy (non-hydrogen) atoms. The molecule has 1 aromatic carbocycles. The van der Waals surface area contributed by atoms with Gasteiger partial charge in [-0.3, -0.25) is 4.79 Å². The summed E-state index contributed by atoms with van der Waals surface area (Å²) in [4.78, 5) is 37.2. The van der Waals surface area contributed by atoms with Crippen molar-refractivity contribution in [2.24, 2.45) is 0 Å². The molecule has 0 aliphatic carbocycles. The van der Waals surface area contributed by atoms with Crippen LogP contribution in [0.3, 0.4) is 0 Å². The predicted octanol–water partition coefficient (Wildman–Crippen LogP) is 1.52. The first-order valence-corrected chi connectivity index (χ1v) is 7.71. The molecule has 0 saturated carbocycles. The summed E-state index contributed by atoms with van der Waals surface area (Å²) in [5.41, 5.74) is -1.24. The van der Waals surface area contributed by atoms with Gasteiger partial charge < -0.3 is 14.8 Å². The molecule has 0 bridgehead atoms. The van der Waals surface area contributed by atoms with E-state index in [0.717, 1.165) is 4.90 Å². The summed E-state index contributed by atoms with van der Waals surface area (Å²) in [6, 6.07) is 6.90. The number of benzene rings is 1. The summed E-state index contributed by atoms with van der Waals surface area (Å²) in [5.74, 6) is -2.22. The zero-order valence-electron chi connectivity index (χ0n) is 13.4. The second-order valence-corrected chi connectivity index (χ2v) is 5.39. The zero-order valence-corrected chi connectivity index (χ0v) is 14.3. The van der Waals surface area contributed by atoms with Gasteiger partial charge in [-0.05, 0) is 31.5 Å². The molecule has 1 N–H and O–H groups in total. The predicted molar refractivity (Wildman–Crippen MR) is 87.2 cm³/mol. The van der Waals surface area contributed by atoms with Crippen molar-refractivity contribution in [3.8, 4) is 0 Å². The Morgan fingerprint density at radius 1 is 1.04 bits per heavy atom. The third-order valence-electron chi connectivity index (χ3n) is 3.04. The number of nitrogens with one attached hydrogen (secondary N) is 1. The highest BCUT2D eigenvalue weighted by atomic mass is 32.1. The van der Waals surface area contributed by atoms with Gasteiger partial charge in [-0.2, -0.15) is 0 Å². The van der Waals surface area contributed by atoms with Gasteiger partial charge in [0.2, 0.25) is 11.4 Å². The summed E-state index contributed by atoms with van der Waals surface area (Å²) in [5, 5.41) is 2.42. The maximum Gasteiger partial charge on any atom is 0.344 e. The van der Waals surface area contributed by atoms with Gasteiger partial charge in [0.05, 0.1) is 13.2 Å². The fourth-order valence-corrected chi connectivity index (χ4v) is 2.25. The van der Waals surface area contributed by atoms with Crippen molar-refractivity contribution < 1.29 is 23.9 Å². The minimum Gasteiger partial charge on any atom is -0.464 e. The molecule has 0 aliphatic heterocycles. The molecule has 0 heterocycles. The minimum atomic E-state index is -1.91. The van der Waals surface area contributed by atoms with Crippen LogP contribution >= 0.6 is 12.6 Å². The first-order valence-electron chi connectivity index (χ1n) is 7.26. The average Bonchev–Trinajstić information content (AvgIpc) is 2.48. The topological polar surface area (TPSA) is 81.7 Å². The Morgan fingerprint density at radius 2 is 1.52 bits per heavy atom. The molecular formula is C16H21NO5S. The van der Waals surface area contributed by atoms with Crippen LogP contribution in [0.1, 0.15) is 26.3 Å². The zero-order chi connectivity index (χ0) is 17.5. The van der Waals surface area contributed by atoms with E-state index in [1.807, 2.05) is 0 Å². The molecule has 0 aromatic heterocycles. The van der Waals surface area contributed by atoms with E-state index in [1.165, 1.54) is 6.92 Å². The van der Waals surface area contributed by atoms with E-state index in [9.17, 15) is 14.4 Å². The van der Waals surface area contributed by atoms with Gasteiger partial charge in [0, 0.05) is 18.2 Å². The number of hydrogen-bond acceptors (Lipinski definition) is 6. The lowest BCUT2D eigenvalue weighted by Crippen LogP contribution is -2.62. The summed E-state index contributed by atoms with van der Waals surface area (Å²) >= 11 is 4.19. The van der Waals surface area contributed by atoms with Gasteiger partial charge in [0.1, 0.15) is 0 Å². The molecule has 1 rings (SSSR count). The van der Waals surface area contributed by atoms with Crippen LogP contribution in [0.2, 0.25) is 0 Å². The molecule has 0 radical (unpaired) electrons. The molecule has 0 fully saturated rings. The van der Waals surface area contributed by atoms with Gasteiger partial charge in [0.25, 0.3) is 0 Å². The molecule has 7 heteroatoms. The fraction of sp³-hybridized carbons (Fsp3) is 0.438. The van der Waals surface area contributed by atoms with E-state index < -0.39 is 23.4 Å². The molecule has 0 spiro atoms. The number of hydrogen-bond donors (Lipinski definition) is 2. The third-order valence-corrected chi connectivity index (χ3v) is 3.34. The number of esters is 2. The van der Waals surface area contributed by atoms with Gasteiger partial charge in [0.15, 0.2) is 0 Å². The molecule has 1 amide bonds. The van der Waals surface area contributed by atoms with Crippen LogP contribution in [0, 0.1) is 0 Å². The summed E-state index contributed by atoms with van der Waals surface area (Å²) in [6.07, 6.45) is -0.0711. The molecule has 0 unspecified atom stereocenters. The number of thiol groups is 1. The van der Waals surface area contributed by atoms with Crippen LogP contribution in [-0.2, 0) is 30.3 Å². The van der Waals surface area contributed by atoms with Crippen molar-refractivity contribution in [1.82, 2.24) is 5.32 Å². The number of carbonyl (C=O) groups is 3. The molecule has 1 aromatic rings. The van der Waals surface area contributed by atoms with Crippen molar-refractivity contribution in [3.05, 3.63) is 29.8 Å². The number of rotatable bonds is 7. The Labute approximate surface area is 140 Å². The van der Waals surface area contributed by atoms with Crippen LogP contribution in [0.4, 0.5) is 0 Å². The van der Waals surface area contributed by atoms with Crippen molar-refractivity contribution in [2.75, 3.05) is 13.2 Å². The Kier molecular flexibility index (Phi) is 7.09. The maximum absolute atomic E-state index is 12.4. The summed E-state index contributed by atoms with van der Waals surface area (Å²) in [7, 11) is 0. The lowest BCUT2D eigenvalue weighted by atomic mass is 9.90. The molecule has 0 atom stereocenters. The van der Waals surface area contributed by atoms with Crippen LogP contribution in [0.25, 0.3) is 0 Å². The molecule has 0 aliphatic rings. The first-order chi connectivity index (χ1) is 10.9. The van der Waals surface area contributed by atoms with E-state index in [2.05, 4.69) is 17.9 Å². The van der Waals surface area contributed by atoms with Crippen molar-refractivity contribution >= 4 is 30.5 Å². The number of carbonyl (C=O) groups excluding carboxylic acids is 3. The molecular weight excluding hydrogens is 318 g/mol. The van der Waals surface area contributed by atoms with Crippen molar-refractivity contribution in [3.63, 3.8) is 0 Å². The molecule has 126 valence electrons. The Hall–Kier alpha value is -2.02. The summed E-state index contributed by atoms with van der Waals surface area (Å²) in [6.45, 7) is 4.63. The van der Waals surface area contributed by atoms with E-state index in [1.54, 1.807) is 38.1 Å². The Balaban J connectivity index is 3.28. The van der Waals surface area contributed by atoms with Crippen molar-refractivity contribution in [2.45, 2.75) is 37.6 Å². The lowest BCUT2D eigenvalue weighted by Gasteiger charge is -2.29. The van der Waals surface area contributed by atoms with Crippen LogP contribution in [0.15, 0.2) is 29.2 Å². The minimum absolute atomic E-state index is 0.0711. The quantitative estimate of drug-likeness (QED) is 0.447. The van der Waals surface area contributed by atoms with Gasteiger partial charge in [-0.15, -0.1) is 12.6 Å². The molecule has 0 saturated heterocycles. The second-order valence-electron chi connectivity index (χ2n) is 4.87. The van der Waals surface area contributed by atoms with E-state index in [0.29, 0.717) is 5.56 Å². The highest BCUT2D eigenvalue weighted by molar-refractivity contribution is 7.80. The average molecular weight is 339 g/mol. The number of amides is 1. The van der Waals surface area contributed by atoms with Gasteiger partial charge in [-0.1, -0.05) is 12.1 Å². The normalized spacial score (nSPS) is 10.8. The van der Waals surface area contributed by atoms with E-state index in [-0.39, 0.29) is 19.6 Å². The van der Waals surface area contributed by atoms with Crippen LogP contribution in [-0.4, -0.2) is 36.6 Å². The highest BCUT2D eigenvalue weighted by Crippen LogP contribution is 2.20. The van der Waals surface area contributed by atoms with Crippen LogP contribution < -0.4 is 5.32 Å². The first kappa shape index (κ1) is 19.0. The largest absolute Gasteiger partial charge is 0.464 e. The van der Waals surface area contributed by atoms with Gasteiger partial charge in [-0.25, -0.2) is 9.59 Å². The maximum atomic E-state index is 12.4. The Bertz CT molecular complexity index is 552. The monoisotopic (exact) mass is 339 g/mol. The van der Waals surface area contributed by atoms with Crippen molar-refractivity contribution in [1.29, 1.82) is 0 Å². The number of ether oxygens (including phenoxy) is 2. The summed E-state index contributed by atoms with van der Waals surface area (Å²) < 4.78 is 10.0. The van der Waals surface area contributed by atoms with E-state index >= 15 is 0 Å². The SMILES string of the molecule is CCOC(=O)C(Cc1ccc(S)cc1)(NC(C)=O)C(=O)OCC.